The second-order valence-corrected chi connectivity index (χ2v) is 4.58. The van der Waals surface area contributed by atoms with Gasteiger partial charge in [0.05, 0.1) is 6.61 Å². The number of hydrogen-bond acceptors (Lipinski definition) is 3. The normalized spacial score (nSPS) is 19.3. The van der Waals surface area contributed by atoms with Gasteiger partial charge in [-0.15, -0.1) is 0 Å². The van der Waals surface area contributed by atoms with Crippen molar-refractivity contribution in [1.29, 1.82) is 0 Å². The molecule has 0 radical (unpaired) electrons. The molecule has 1 heterocycles. The number of anilines is 1. The molecule has 0 amide bonds. The summed E-state index contributed by atoms with van der Waals surface area (Å²) >= 11 is 0. The van der Waals surface area contributed by atoms with Crippen molar-refractivity contribution >= 4 is 5.95 Å². The number of nitrogens with one attached hydrogen (secondary N) is 1. The van der Waals surface area contributed by atoms with Crippen molar-refractivity contribution in [2.75, 3.05) is 18.5 Å². The average Bonchev–Trinajstić information content (AvgIpc) is 2.85. The molecule has 2 N–H and O–H groups in total. The maximum atomic E-state index is 9.45. The first-order chi connectivity index (χ1) is 7.26. The van der Waals surface area contributed by atoms with Gasteiger partial charge in [-0.05, 0) is 12.8 Å². The molecule has 0 unspecified atom stereocenters. The summed E-state index contributed by atoms with van der Waals surface area (Å²) in [4.78, 5) is 4.21. The van der Waals surface area contributed by atoms with Gasteiger partial charge in [-0.25, -0.2) is 4.98 Å². The van der Waals surface area contributed by atoms with Crippen LogP contribution >= 0.6 is 0 Å². The molecule has 0 atom stereocenters. The molecule has 2 rings (SSSR count). The molecule has 15 heavy (non-hydrogen) atoms. The summed E-state index contributed by atoms with van der Waals surface area (Å²) in [6.45, 7) is 1.11. The molecule has 1 aliphatic carbocycles. The van der Waals surface area contributed by atoms with E-state index in [2.05, 4.69) is 10.3 Å². The van der Waals surface area contributed by atoms with E-state index in [-0.39, 0.29) is 12.0 Å². The molecule has 4 heteroatoms. The largest absolute Gasteiger partial charge is 0.396 e. The lowest BCUT2D eigenvalue weighted by molar-refractivity contribution is 0.142. The van der Waals surface area contributed by atoms with Crippen molar-refractivity contribution in [2.45, 2.75) is 25.7 Å². The van der Waals surface area contributed by atoms with Gasteiger partial charge in [-0.1, -0.05) is 12.8 Å². The maximum Gasteiger partial charge on any atom is 0.202 e. The van der Waals surface area contributed by atoms with Crippen molar-refractivity contribution in [3.8, 4) is 0 Å². The Labute approximate surface area is 90.3 Å². The second kappa shape index (κ2) is 4.23. The Morgan fingerprint density at radius 1 is 1.53 bits per heavy atom. The van der Waals surface area contributed by atoms with Crippen LogP contribution in [-0.4, -0.2) is 27.8 Å². The Morgan fingerprint density at radius 2 is 2.27 bits per heavy atom. The van der Waals surface area contributed by atoms with Gasteiger partial charge < -0.3 is 15.0 Å². The minimum Gasteiger partial charge on any atom is -0.396 e. The second-order valence-electron chi connectivity index (χ2n) is 4.58. The SMILES string of the molecule is Cn1ccnc1NCC1(CO)CCCC1. The van der Waals surface area contributed by atoms with E-state index < -0.39 is 0 Å². The molecule has 1 aliphatic rings. The number of aliphatic hydroxyl groups is 1. The molecule has 1 aromatic rings. The third kappa shape index (κ3) is 2.15. The first kappa shape index (κ1) is 10.5. The zero-order chi connectivity index (χ0) is 10.7. The lowest BCUT2D eigenvalue weighted by Crippen LogP contribution is -2.31. The van der Waals surface area contributed by atoms with Crippen LogP contribution in [0.2, 0.25) is 0 Å². The van der Waals surface area contributed by atoms with E-state index in [1.165, 1.54) is 12.8 Å². The molecule has 0 bridgehead atoms. The van der Waals surface area contributed by atoms with Gasteiger partial charge in [0.1, 0.15) is 0 Å². The van der Waals surface area contributed by atoms with Crippen LogP contribution < -0.4 is 5.32 Å². The molecule has 0 aliphatic heterocycles. The standard InChI is InChI=1S/C11H19N3O/c1-14-7-6-12-10(14)13-8-11(9-15)4-2-3-5-11/h6-7,15H,2-5,8-9H2,1H3,(H,12,13). The lowest BCUT2D eigenvalue weighted by Gasteiger charge is -2.26. The third-order valence-corrected chi connectivity index (χ3v) is 3.44. The van der Waals surface area contributed by atoms with Crippen molar-refractivity contribution < 1.29 is 5.11 Å². The van der Waals surface area contributed by atoms with Crippen LogP contribution in [0.4, 0.5) is 5.95 Å². The van der Waals surface area contributed by atoms with Crippen LogP contribution in [0, 0.1) is 5.41 Å². The molecule has 1 aromatic heterocycles. The number of rotatable bonds is 4. The first-order valence-corrected chi connectivity index (χ1v) is 5.58. The highest BCUT2D eigenvalue weighted by Gasteiger charge is 2.33. The molecular formula is C11H19N3O. The van der Waals surface area contributed by atoms with Gasteiger partial charge in [0.25, 0.3) is 0 Å². The zero-order valence-corrected chi connectivity index (χ0v) is 9.24. The predicted octanol–water partition coefficient (Wildman–Crippen LogP) is 1.38. The van der Waals surface area contributed by atoms with E-state index in [9.17, 15) is 5.11 Å². The number of aliphatic hydroxyl groups excluding tert-OH is 1. The van der Waals surface area contributed by atoms with Crippen LogP contribution in [0.25, 0.3) is 0 Å². The Morgan fingerprint density at radius 3 is 2.80 bits per heavy atom. The number of nitrogens with zero attached hydrogens (tertiary/aromatic N) is 2. The summed E-state index contributed by atoms with van der Waals surface area (Å²) in [6.07, 6.45) is 8.43. The number of imidazole rings is 1. The molecule has 1 saturated carbocycles. The van der Waals surface area contributed by atoms with Gasteiger partial charge in [-0.3, -0.25) is 0 Å². The predicted molar refractivity (Wildman–Crippen MR) is 59.7 cm³/mol. The summed E-state index contributed by atoms with van der Waals surface area (Å²) in [5.74, 6) is 0.884. The number of aryl methyl sites for hydroxylation is 1. The Balaban J connectivity index is 1.94. The summed E-state index contributed by atoms with van der Waals surface area (Å²) in [6, 6.07) is 0. The maximum absolute atomic E-state index is 9.45. The lowest BCUT2D eigenvalue weighted by atomic mass is 9.87. The fourth-order valence-electron chi connectivity index (χ4n) is 2.32. The highest BCUT2D eigenvalue weighted by Crippen LogP contribution is 2.37. The molecule has 4 nitrogen and oxygen atoms in total. The number of aromatic nitrogens is 2. The van der Waals surface area contributed by atoms with Crippen LogP contribution in [0.1, 0.15) is 25.7 Å². The minimum atomic E-state index is 0.0892. The molecule has 1 fully saturated rings. The van der Waals surface area contributed by atoms with Gasteiger partial charge >= 0.3 is 0 Å². The van der Waals surface area contributed by atoms with E-state index in [4.69, 9.17) is 0 Å². The molecule has 0 saturated heterocycles. The monoisotopic (exact) mass is 209 g/mol. The highest BCUT2D eigenvalue weighted by molar-refractivity contribution is 5.26. The zero-order valence-electron chi connectivity index (χ0n) is 9.24. The summed E-state index contributed by atoms with van der Waals surface area (Å²) in [7, 11) is 1.97. The quantitative estimate of drug-likeness (QED) is 0.787. The Hall–Kier alpha value is -1.03. The van der Waals surface area contributed by atoms with Crippen LogP contribution in [0.5, 0.6) is 0 Å². The van der Waals surface area contributed by atoms with Crippen LogP contribution in [-0.2, 0) is 7.05 Å². The molecule has 84 valence electrons. The molecule has 0 spiro atoms. The first-order valence-electron chi connectivity index (χ1n) is 5.58. The Kier molecular flexibility index (Phi) is 2.95. The van der Waals surface area contributed by atoms with E-state index >= 15 is 0 Å². The van der Waals surface area contributed by atoms with Crippen molar-refractivity contribution in [3.63, 3.8) is 0 Å². The fraction of sp³-hybridized carbons (Fsp3) is 0.727. The van der Waals surface area contributed by atoms with Gasteiger partial charge in [0.2, 0.25) is 5.95 Å². The van der Waals surface area contributed by atoms with Crippen molar-refractivity contribution in [2.24, 2.45) is 12.5 Å². The van der Waals surface area contributed by atoms with Gasteiger partial charge in [0.15, 0.2) is 0 Å². The van der Waals surface area contributed by atoms with Crippen molar-refractivity contribution in [3.05, 3.63) is 12.4 Å². The molecule has 0 aromatic carbocycles. The smallest absolute Gasteiger partial charge is 0.202 e. The van der Waals surface area contributed by atoms with E-state index in [1.54, 1.807) is 6.20 Å². The fourth-order valence-corrected chi connectivity index (χ4v) is 2.32. The minimum absolute atomic E-state index is 0.0892. The van der Waals surface area contributed by atoms with Crippen LogP contribution in [0.3, 0.4) is 0 Å². The molecular weight excluding hydrogens is 190 g/mol. The van der Waals surface area contributed by atoms with E-state index in [0.29, 0.717) is 0 Å². The van der Waals surface area contributed by atoms with E-state index in [0.717, 1.165) is 25.3 Å². The van der Waals surface area contributed by atoms with Gasteiger partial charge in [0, 0.05) is 31.4 Å². The average molecular weight is 209 g/mol. The highest BCUT2D eigenvalue weighted by atomic mass is 16.3. The summed E-state index contributed by atoms with van der Waals surface area (Å²) in [5.41, 5.74) is 0.0892. The summed E-state index contributed by atoms with van der Waals surface area (Å²) in [5, 5.41) is 12.8. The van der Waals surface area contributed by atoms with Crippen molar-refractivity contribution in [1.82, 2.24) is 9.55 Å². The third-order valence-electron chi connectivity index (χ3n) is 3.44. The van der Waals surface area contributed by atoms with Gasteiger partial charge in [-0.2, -0.15) is 0 Å². The van der Waals surface area contributed by atoms with Crippen LogP contribution in [0.15, 0.2) is 12.4 Å². The Bertz CT molecular complexity index is 315. The number of hydrogen-bond donors (Lipinski definition) is 2. The van der Waals surface area contributed by atoms with E-state index in [1.807, 2.05) is 17.8 Å². The summed E-state index contributed by atoms with van der Waals surface area (Å²) < 4.78 is 1.96. The topological polar surface area (TPSA) is 50.1 Å².